The summed E-state index contributed by atoms with van der Waals surface area (Å²) < 4.78 is 0. The number of nitrogens with one attached hydrogen (secondary N) is 1. The van der Waals surface area contributed by atoms with Crippen LogP contribution < -0.4 is 5.32 Å². The molecule has 1 N–H and O–H groups in total. The summed E-state index contributed by atoms with van der Waals surface area (Å²) in [6, 6.07) is 17.6. The molecule has 0 saturated heterocycles. The van der Waals surface area contributed by atoms with Crippen molar-refractivity contribution in [2.75, 3.05) is 12.4 Å². The van der Waals surface area contributed by atoms with E-state index in [4.69, 9.17) is 4.98 Å². The lowest BCUT2D eigenvalue weighted by Gasteiger charge is -2.11. The Morgan fingerprint density at radius 2 is 1.84 bits per heavy atom. The molecule has 0 aliphatic rings. The second kappa shape index (κ2) is 8.64. The van der Waals surface area contributed by atoms with Crippen LogP contribution in [0.25, 0.3) is 33.4 Å². The summed E-state index contributed by atoms with van der Waals surface area (Å²) in [5, 5.41) is 6.81. The lowest BCUT2D eigenvalue weighted by molar-refractivity contribution is 0.0993. The van der Waals surface area contributed by atoms with E-state index >= 15 is 0 Å². The van der Waals surface area contributed by atoms with Gasteiger partial charge in [0.1, 0.15) is 10.8 Å². The van der Waals surface area contributed by atoms with Crippen molar-refractivity contribution in [3.63, 3.8) is 0 Å². The maximum atomic E-state index is 12.7. The van der Waals surface area contributed by atoms with E-state index in [2.05, 4.69) is 26.3 Å². The van der Waals surface area contributed by atoms with Crippen LogP contribution in [-0.2, 0) is 6.42 Å². The Morgan fingerprint density at radius 1 is 0.969 bits per heavy atom. The van der Waals surface area contributed by atoms with Crippen molar-refractivity contribution in [2.45, 2.75) is 6.42 Å². The van der Waals surface area contributed by atoms with Crippen LogP contribution in [0.5, 0.6) is 0 Å². The van der Waals surface area contributed by atoms with E-state index in [9.17, 15) is 4.79 Å². The van der Waals surface area contributed by atoms with Gasteiger partial charge in [-0.1, -0.05) is 24.3 Å². The molecule has 156 valence electrons. The van der Waals surface area contributed by atoms with Crippen LogP contribution in [-0.4, -0.2) is 32.8 Å². The van der Waals surface area contributed by atoms with E-state index in [1.165, 1.54) is 11.3 Å². The number of anilines is 1. The lowest BCUT2D eigenvalue weighted by atomic mass is 9.99. The first-order valence-corrected chi connectivity index (χ1v) is 11.0. The Hall–Kier alpha value is -3.97. The predicted octanol–water partition coefficient (Wildman–Crippen LogP) is 5.28. The molecule has 32 heavy (non-hydrogen) atoms. The number of aromatic nitrogens is 4. The van der Waals surface area contributed by atoms with E-state index in [1.54, 1.807) is 18.6 Å². The highest BCUT2D eigenvalue weighted by Gasteiger charge is 2.13. The molecular formula is C25H19N5OS. The van der Waals surface area contributed by atoms with E-state index in [0.717, 1.165) is 38.4 Å². The maximum Gasteiger partial charge on any atom is 0.169 e. The Bertz CT molecular complexity index is 1400. The Balaban J connectivity index is 1.52. The minimum atomic E-state index is 0.0583. The standard InChI is InChI=1S/C25H19N5OS/c1-26-25-20-13-17(7-8-21(20)29-24(30-25)19-6-3-9-27-15-19)16-4-2-5-18(12-16)22(31)14-23-28-10-11-32-23/h2-13,15H,14H2,1H3,(H,26,29,30). The highest BCUT2D eigenvalue weighted by atomic mass is 32.1. The largest absolute Gasteiger partial charge is 0.373 e. The molecule has 2 aromatic carbocycles. The van der Waals surface area contributed by atoms with Crippen molar-refractivity contribution in [1.82, 2.24) is 19.9 Å². The number of benzene rings is 2. The summed E-state index contributed by atoms with van der Waals surface area (Å²) in [4.78, 5) is 30.5. The van der Waals surface area contributed by atoms with Crippen LogP contribution in [0.4, 0.5) is 5.82 Å². The van der Waals surface area contributed by atoms with E-state index in [0.29, 0.717) is 17.8 Å². The van der Waals surface area contributed by atoms with E-state index in [-0.39, 0.29) is 5.78 Å². The van der Waals surface area contributed by atoms with E-state index < -0.39 is 0 Å². The first kappa shape index (κ1) is 20.0. The molecule has 3 heterocycles. The van der Waals surface area contributed by atoms with Gasteiger partial charge < -0.3 is 5.32 Å². The highest BCUT2D eigenvalue weighted by Crippen LogP contribution is 2.30. The number of pyridine rings is 1. The molecule has 0 aliphatic heterocycles. The maximum absolute atomic E-state index is 12.7. The Morgan fingerprint density at radius 3 is 2.62 bits per heavy atom. The molecule has 0 atom stereocenters. The average Bonchev–Trinajstić information content (AvgIpc) is 3.36. The molecule has 0 radical (unpaired) electrons. The number of ketones is 1. The minimum Gasteiger partial charge on any atom is -0.373 e. The summed E-state index contributed by atoms with van der Waals surface area (Å²) in [5.41, 5.74) is 4.34. The van der Waals surface area contributed by atoms with Crippen LogP contribution >= 0.6 is 11.3 Å². The Kier molecular flexibility index (Phi) is 5.39. The van der Waals surface area contributed by atoms with Gasteiger partial charge in [0.15, 0.2) is 11.6 Å². The molecule has 5 aromatic rings. The number of rotatable bonds is 6. The monoisotopic (exact) mass is 437 g/mol. The third kappa shape index (κ3) is 3.98. The number of hydrogen-bond acceptors (Lipinski definition) is 7. The van der Waals surface area contributed by atoms with Gasteiger partial charge >= 0.3 is 0 Å². The predicted molar refractivity (Wildman–Crippen MR) is 128 cm³/mol. The van der Waals surface area contributed by atoms with Crippen molar-refractivity contribution in [3.8, 4) is 22.5 Å². The first-order valence-electron chi connectivity index (χ1n) is 10.1. The smallest absolute Gasteiger partial charge is 0.169 e. The number of fused-ring (bicyclic) bond motifs is 1. The topological polar surface area (TPSA) is 80.7 Å². The van der Waals surface area contributed by atoms with Gasteiger partial charge in [0.05, 0.1) is 11.9 Å². The summed E-state index contributed by atoms with van der Waals surface area (Å²) >= 11 is 1.49. The molecule has 7 heteroatoms. The number of hydrogen-bond donors (Lipinski definition) is 1. The van der Waals surface area contributed by atoms with Gasteiger partial charge in [-0.15, -0.1) is 11.3 Å². The molecule has 0 aliphatic carbocycles. The zero-order valence-electron chi connectivity index (χ0n) is 17.3. The van der Waals surface area contributed by atoms with Gasteiger partial charge in [-0.05, 0) is 41.5 Å². The summed E-state index contributed by atoms with van der Waals surface area (Å²) in [5.74, 6) is 1.42. The van der Waals surface area contributed by atoms with Gasteiger partial charge in [0, 0.05) is 47.5 Å². The fourth-order valence-corrected chi connectivity index (χ4v) is 4.19. The molecule has 0 spiro atoms. The van der Waals surface area contributed by atoms with E-state index in [1.807, 2.05) is 61.0 Å². The van der Waals surface area contributed by atoms with Crippen LogP contribution in [0.3, 0.4) is 0 Å². The van der Waals surface area contributed by atoms with Crippen molar-refractivity contribution >= 4 is 33.8 Å². The lowest BCUT2D eigenvalue weighted by Crippen LogP contribution is -2.03. The summed E-state index contributed by atoms with van der Waals surface area (Å²) in [7, 11) is 1.85. The molecule has 0 unspecified atom stereocenters. The zero-order valence-corrected chi connectivity index (χ0v) is 18.1. The third-order valence-corrected chi connectivity index (χ3v) is 5.95. The first-order chi connectivity index (χ1) is 15.7. The molecule has 0 fully saturated rings. The van der Waals surface area contributed by atoms with Crippen molar-refractivity contribution in [1.29, 1.82) is 0 Å². The molecular weight excluding hydrogens is 418 g/mol. The minimum absolute atomic E-state index is 0.0583. The molecule has 0 saturated carbocycles. The zero-order chi connectivity index (χ0) is 21.9. The SMILES string of the molecule is CNc1nc(-c2cccnc2)nc2ccc(-c3cccc(C(=O)Cc4nccs4)c3)cc12. The number of carbonyl (C=O) groups is 1. The molecule has 0 bridgehead atoms. The quantitative estimate of drug-likeness (QED) is 0.364. The van der Waals surface area contributed by atoms with Crippen LogP contribution in [0, 0.1) is 0 Å². The van der Waals surface area contributed by atoms with Gasteiger partial charge in [-0.25, -0.2) is 15.0 Å². The summed E-state index contributed by atoms with van der Waals surface area (Å²) in [6.45, 7) is 0. The van der Waals surface area contributed by atoms with Crippen LogP contribution in [0.1, 0.15) is 15.4 Å². The molecule has 6 nitrogen and oxygen atoms in total. The molecule has 0 amide bonds. The fraction of sp³-hybridized carbons (Fsp3) is 0.0800. The molecule has 5 rings (SSSR count). The normalized spacial score (nSPS) is 10.9. The third-order valence-electron chi connectivity index (χ3n) is 5.17. The number of Topliss-reactive ketones (excluding diaryl/α,β-unsaturated/α-hetero) is 1. The number of thiazole rings is 1. The van der Waals surface area contributed by atoms with Gasteiger partial charge in [0.25, 0.3) is 0 Å². The second-order valence-corrected chi connectivity index (χ2v) is 8.21. The highest BCUT2D eigenvalue weighted by molar-refractivity contribution is 7.09. The molecule has 3 aromatic heterocycles. The van der Waals surface area contributed by atoms with Crippen molar-refractivity contribution < 1.29 is 4.79 Å². The second-order valence-electron chi connectivity index (χ2n) is 7.23. The van der Waals surface area contributed by atoms with Crippen LogP contribution in [0.15, 0.2) is 78.6 Å². The van der Waals surface area contributed by atoms with Crippen molar-refractivity contribution in [3.05, 3.63) is 89.1 Å². The van der Waals surface area contributed by atoms with Gasteiger partial charge in [-0.3, -0.25) is 9.78 Å². The van der Waals surface area contributed by atoms with Gasteiger partial charge in [0.2, 0.25) is 0 Å². The fourth-order valence-electron chi connectivity index (χ4n) is 3.57. The van der Waals surface area contributed by atoms with Crippen molar-refractivity contribution in [2.24, 2.45) is 0 Å². The Labute approximate surface area is 189 Å². The average molecular weight is 438 g/mol. The number of carbonyl (C=O) groups excluding carboxylic acids is 1. The summed E-state index contributed by atoms with van der Waals surface area (Å²) in [6.07, 6.45) is 5.52. The van der Waals surface area contributed by atoms with Gasteiger partial charge in [-0.2, -0.15) is 0 Å². The number of nitrogens with zero attached hydrogens (tertiary/aromatic N) is 4. The van der Waals surface area contributed by atoms with Crippen LogP contribution in [0.2, 0.25) is 0 Å².